The zero-order chi connectivity index (χ0) is 17.9. The number of carbonyl (C=O) groups is 1. The van der Waals surface area contributed by atoms with Crippen LogP contribution in [0.25, 0.3) is 5.70 Å². The standard InChI is InChI=1S/C16H12ClF4NO2/c1-2-5-24-9-6-11(18)15(12(19)7-9)13-4-3-10(17)16(23)22(13)8-14(20)21/h1,4,6-7,10,14H,3,5,8H2. The Morgan fingerprint density at radius 3 is 2.54 bits per heavy atom. The van der Waals surface area contributed by atoms with Crippen LogP contribution in [0.4, 0.5) is 17.6 Å². The van der Waals surface area contributed by atoms with Crippen molar-refractivity contribution >= 4 is 23.2 Å². The summed E-state index contributed by atoms with van der Waals surface area (Å²) in [4.78, 5) is 12.6. The van der Waals surface area contributed by atoms with Gasteiger partial charge in [0, 0.05) is 12.1 Å². The monoisotopic (exact) mass is 361 g/mol. The van der Waals surface area contributed by atoms with Crippen LogP contribution in [-0.2, 0) is 4.79 Å². The summed E-state index contributed by atoms with van der Waals surface area (Å²) in [5.41, 5.74) is -0.878. The fourth-order valence-electron chi connectivity index (χ4n) is 2.28. The number of allylic oxidation sites excluding steroid dienone is 1. The third kappa shape index (κ3) is 3.82. The summed E-state index contributed by atoms with van der Waals surface area (Å²) < 4.78 is 59.0. The van der Waals surface area contributed by atoms with Crippen LogP contribution in [0.2, 0.25) is 0 Å². The molecule has 1 atom stereocenters. The minimum atomic E-state index is -2.89. The van der Waals surface area contributed by atoms with E-state index in [0.717, 1.165) is 12.1 Å². The van der Waals surface area contributed by atoms with Crippen molar-refractivity contribution in [3.05, 3.63) is 35.4 Å². The third-order valence-electron chi connectivity index (χ3n) is 3.26. The van der Waals surface area contributed by atoms with E-state index in [0.29, 0.717) is 4.90 Å². The quantitative estimate of drug-likeness (QED) is 0.457. The molecule has 0 bridgehead atoms. The molecule has 0 saturated carbocycles. The molecular formula is C16H12ClF4NO2. The fourth-order valence-corrected chi connectivity index (χ4v) is 2.49. The summed E-state index contributed by atoms with van der Waals surface area (Å²) in [5.74, 6) is -0.961. The van der Waals surface area contributed by atoms with Crippen LogP contribution in [0.1, 0.15) is 12.0 Å². The number of rotatable bonds is 5. The van der Waals surface area contributed by atoms with E-state index in [1.165, 1.54) is 6.08 Å². The predicted molar refractivity (Wildman–Crippen MR) is 80.6 cm³/mol. The number of amides is 1. The molecule has 0 spiro atoms. The maximum atomic E-state index is 14.3. The molecule has 1 aliphatic rings. The summed E-state index contributed by atoms with van der Waals surface area (Å²) in [6.07, 6.45) is 3.34. The number of carbonyl (C=O) groups excluding carboxylic acids is 1. The molecule has 0 aliphatic carbocycles. The van der Waals surface area contributed by atoms with Crippen molar-refractivity contribution in [2.45, 2.75) is 18.2 Å². The van der Waals surface area contributed by atoms with Gasteiger partial charge in [-0.2, -0.15) is 0 Å². The highest BCUT2D eigenvalue weighted by molar-refractivity contribution is 6.31. The van der Waals surface area contributed by atoms with Crippen molar-refractivity contribution in [2.24, 2.45) is 0 Å². The van der Waals surface area contributed by atoms with Crippen LogP contribution < -0.4 is 4.74 Å². The number of ether oxygens (including phenoxy) is 1. The second-order valence-electron chi connectivity index (χ2n) is 4.89. The minimum Gasteiger partial charge on any atom is -0.481 e. The third-order valence-corrected chi connectivity index (χ3v) is 3.62. The van der Waals surface area contributed by atoms with Crippen LogP contribution in [-0.4, -0.2) is 35.8 Å². The molecule has 0 fully saturated rings. The Hall–Kier alpha value is -2.20. The second-order valence-corrected chi connectivity index (χ2v) is 5.41. The molecule has 24 heavy (non-hydrogen) atoms. The lowest BCUT2D eigenvalue weighted by Crippen LogP contribution is -2.41. The maximum Gasteiger partial charge on any atom is 0.256 e. The molecule has 0 N–H and O–H groups in total. The van der Waals surface area contributed by atoms with Gasteiger partial charge < -0.3 is 9.64 Å². The Morgan fingerprint density at radius 1 is 1.38 bits per heavy atom. The van der Waals surface area contributed by atoms with Crippen LogP contribution in [0.5, 0.6) is 5.75 Å². The highest BCUT2D eigenvalue weighted by atomic mass is 35.5. The topological polar surface area (TPSA) is 29.5 Å². The van der Waals surface area contributed by atoms with Gasteiger partial charge in [0.2, 0.25) is 5.91 Å². The number of nitrogens with zero attached hydrogens (tertiary/aromatic N) is 1. The van der Waals surface area contributed by atoms with Gasteiger partial charge in [-0.05, 0) is 6.42 Å². The Kier molecular flexibility index (Phi) is 5.73. The van der Waals surface area contributed by atoms with E-state index >= 15 is 0 Å². The normalized spacial score (nSPS) is 17.7. The molecule has 0 radical (unpaired) electrons. The molecular weight excluding hydrogens is 350 g/mol. The molecule has 1 amide bonds. The van der Waals surface area contributed by atoms with Gasteiger partial charge in [0.15, 0.2) is 0 Å². The zero-order valence-electron chi connectivity index (χ0n) is 12.2. The van der Waals surface area contributed by atoms with E-state index < -0.39 is 41.5 Å². The van der Waals surface area contributed by atoms with Crippen molar-refractivity contribution in [1.29, 1.82) is 0 Å². The largest absolute Gasteiger partial charge is 0.481 e. The van der Waals surface area contributed by atoms with Crippen LogP contribution >= 0.6 is 11.6 Å². The zero-order valence-corrected chi connectivity index (χ0v) is 13.0. The molecule has 0 aromatic heterocycles. The van der Waals surface area contributed by atoms with Gasteiger partial charge in [-0.1, -0.05) is 12.0 Å². The first-order valence-corrected chi connectivity index (χ1v) is 7.28. The molecule has 1 unspecified atom stereocenters. The van der Waals surface area contributed by atoms with Crippen molar-refractivity contribution in [3.8, 4) is 18.1 Å². The molecule has 1 aromatic carbocycles. The van der Waals surface area contributed by atoms with E-state index in [-0.39, 0.29) is 24.5 Å². The van der Waals surface area contributed by atoms with E-state index in [2.05, 4.69) is 5.92 Å². The number of terminal acetylenes is 1. The SMILES string of the molecule is C#CCOc1cc(F)c(C2=CCC(Cl)C(=O)N2CC(F)F)c(F)c1. The molecule has 128 valence electrons. The maximum absolute atomic E-state index is 14.3. The lowest BCUT2D eigenvalue weighted by molar-refractivity contribution is -0.129. The van der Waals surface area contributed by atoms with E-state index in [9.17, 15) is 22.4 Å². The van der Waals surface area contributed by atoms with E-state index in [1.54, 1.807) is 0 Å². The van der Waals surface area contributed by atoms with Crippen molar-refractivity contribution in [2.75, 3.05) is 13.2 Å². The smallest absolute Gasteiger partial charge is 0.256 e. The lowest BCUT2D eigenvalue weighted by atomic mass is 10.0. The molecule has 1 aromatic rings. The van der Waals surface area contributed by atoms with E-state index in [4.69, 9.17) is 22.8 Å². The van der Waals surface area contributed by atoms with Gasteiger partial charge in [0.1, 0.15) is 29.4 Å². The number of alkyl halides is 3. The predicted octanol–water partition coefficient (Wildman–Crippen LogP) is 3.42. The average molecular weight is 362 g/mol. The average Bonchev–Trinajstić information content (AvgIpc) is 2.51. The summed E-state index contributed by atoms with van der Waals surface area (Å²) in [7, 11) is 0. The molecule has 1 heterocycles. The van der Waals surface area contributed by atoms with Crippen LogP contribution in [0, 0.1) is 24.0 Å². The summed E-state index contributed by atoms with van der Waals surface area (Å²) >= 11 is 5.75. The highest BCUT2D eigenvalue weighted by Crippen LogP contribution is 2.33. The Morgan fingerprint density at radius 2 is 2.00 bits per heavy atom. The number of hydrogen-bond donors (Lipinski definition) is 0. The van der Waals surface area contributed by atoms with Gasteiger partial charge in [-0.3, -0.25) is 4.79 Å². The fraction of sp³-hybridized carbons (Fsp3) is 0.312. The Balaban J connectivity index is 2.45. The molecule has 1 aliphatic heterocycles. The molecule has 8 heteroatoms. The first kappa shape index (κ1) is 18.1. The summed E-state index contributed by atoms with van der Waals surface area (Å²) in [6, 6.07) is 1.74. The molecule has 2 rings (SSSR count). The summed E-state index contributed by atoms with van der Waals surface area (Å²) in [6.45, 7) is -1.20. The van der Waals surface area contributed by atoms with Crippen molar-refractivity contribution < 1.29 is 27.1 Å². The van der Waals surface area contributed by atoms with Gasteiger partial charge in [0.25, 0.3) is 6.43 Å². The van der Waals surface area contributed by atoms with Gasteiger partial charge in [-0.25, -0.2) is 17.6 Å². The van der Waals surface area contributed by atoms with Crippen molar-refractivity contribution in [1.82, 2.24) is 4.90 Å². The number of benzene rings is 1. The van der Waals surface area contributed by atoms with Gasteiger partial charge in [-0.15, -0.1) is 18.0 Å². The lowest BCUT2D eigenvalue weighted by Gasteiger charge is -2.31. The summed E-state index contributed by atoms with van der Waals surface area (Å²) in [5, 5.41) is -1.06. The van der Waals surface area contributed by atoms with Gasteiger partial charge in [0.05, 0.1) is 17.8 Å². The Labute approximate surface area is 140 Å². The second kappa shape index (κ2) is 7.58. The van der Waals surface area contributed by atoms with Crippen LogP contribution in [0.15, 0.2) is 18.2 Å². The Bertz CT molecular complexity index is 692. The first-order chi connectivity index (χ1) is 11.3. The van der Waals surface area contributed by atoms with Gasteiger partial charge >= 0.3 is 0 Å². The minimum absolute atomic E-state index is 0.0241. The first-order valence-electron chi connectivity index (χ1n) is 6.84. The molecule has 3 nitrogen and oxygen atoms in total. The number of halogens is 5. The molecule has 0 saturated heterocycles. The highest BCUT2D eigenvalue weighted by Gasteiger charge is 2.34. The number of hydrogen-bond acceptors (Lipinski definition) is 2. The van der Waals surface area contributed by atoms with Crippen LogP contribution in [0.3, 0.4) is 0 Å². The van der Waals surface area contributed by atoms with Crippen molar-refractivity contribution in [3.63, 3.8) is 0 Å². The van der Waals surface area contributed by atoms with E-state index in [1.807, 2.05) is 0 Å².